The van der Waals surface area contributed by atoms with Crippen molar-refractivity contribution in [3.63, 3.8) is 0 Å². The number of carbonyl (C=O) groups is 5. The van der Waals surface area contributed by atoms with Crippen molar-refractivity contribution in [2.24, 2.45) is 5.92 Å². The van der Waals surface area contributed by atoms with Gasteiger partial charge < -0.3 is 34.9 Å². The van der Waals surface area contributed by atoms with Gasteiger partial charge in [-0.3, -0.25) is 19.2 Å². The smallest absolute Gasteiger partial charge is 0.247 e. The van der Waals surface area contributed by atoms with Crippen LogP contribution in [0.3, 0.4) is 0 Å². The fourth-order valence-corrected chi connectivity index (χ4v) is 4.37. The molecular weight excluding hydrogens is 490 g/mol. The van der Waals surface area contributed by atoms with Crippen molar-refractivity contribution in [2.45, 2.75) is 90.4 Å². The Labute approximate surface area is 228 Å². The molecule has 0 aromatic heterocycles. The first kappa shape index (κ1) is 33.5. The molecule has 0 aromatic carbocycles. The first-order chi connectivity index (χ1) is 18.0. The van der Waals surface area contributed by atoms with E-state index >= 15 is 0 Å². The van der Waals surface area contributed by atoms with Crippen LogP contribution in [0.15, 0.2) is 0 Å². The number of carbonyl (C=O) groups excluding carboxylic acids is 5. The SMILES string of the molecule is CCCOC[C@H](NC(=O)[C@H](C)N(C)C(=O)CC(NC)C(=O)N1CCCCC1)C(=O)N(C)[C@H](C=O)CC(C)C. The molecule has 0 saturated carbocycles. The lowest BCUT2D eigenvalue weighted by atomic mass is 10.0. The van der Waals surface area contributed by atoms with Crippen molar-refractivity contribution >= 4 is 29.9 Å². The van der Waals surface area contributed by atoms with Gasteiger partial charge >= 0.3 is 0 Å². The molecule has 4 atom stereocenters. The molecular formula is C27H49N5O6. The van der Waals surface area contributed by atoms with Crippen molar-refractivity contribution < 1.29 is 28.7 Å². The van der Waals surface area contributed by atoms with Crippen LogP contribution in [-0.2, 0) is 28.7 Å². The minimum absolute atomic E-state index is 0.0491. The standard InChI is InChI=1S/C27H49N5O6/c1-8-14-38-18-23(26(36)31(7)21(17-33)15-19(2)3)29-25(35)20(4)30(6)24(34)16-22(28-5)27(37)32-12-10-9-11-13-32/h17,19-23,28H,8-16,18H2,1-7H3,(H,29,35)/t20-,21-,22?,23-/m0/s1. The van der Waals surface area contributed by atoms with Crippen LogP contribution in [0.1, 0.15) is 66.2 Å². The Bertz CT molecular complexity index is 786. The molecule has 1 fully saturated rings. The van der Waals surface area contributed by atoms with Gasteiger partial charge in [-0.1, -0.05) is 20.8 Å². The minimum Gasteiger partial charge on any atom is -0.379 e. The molecule has 0 spiro atoms. The molecule has 1 unspecified atom stereocenters. The van der Waals surface area contributed by atoms with Crippen LogP contribution < -0.4 is 10.6 Å². The van der Waals surface area contributed by atoms with Gasteiger partial charge in [-0.25, -0.2) is 0 Å². The number of aldehydes is 1. The lowest BCUT2D eigenvalue weighted by molar-refractivity contribution is -0.144. The second-order valence-electron chi connectivity index (χ2n) is 10.5. The van der Waals surface area contributed by atoms with Gasteiger partial charge in [-0.15, -0.1) is 0 Å². The zero-order chi connectivity index (χ0) is 28.8. The molecule has 38 heavy (non-hydrogen) atoms. The lowest BCUT2D eigenvalue weighted by Gasteiger charge is -2.32. The van der Waals surface area contributed by atoms with E-state index in [-0.39, 0.29) is 30.8 Å². The third kappa shape index (κ3) is 10.3. The predicted molar refractivity (Wildman–Crippen MR) is 145 cm³/mol. The third-order valence-corrected chi connectivity index (χ3v) is 7.01. The normalized spacial score (nSPS) is 16.8. The van der Waals surface area contributed by atoms with Gasteiger partial charge in [0.15, 0.2) is 0 Å². The van der Waals surface area contributed by atoms with Crippen LogP contribution in [0, 0.1) is 5.92 Å². The number of nitrogens with one attached hydrogen (secondary N) is 2. The first-order valence-electron chi connectivity index (χ1n) is 13.8. The molecule has 1 aliphatic heterocycles. The third-order valence-electron chi connectivity index (χ3n) is 7.01. The summed E-state index contributed by atoms with van der Waals surface area (Å²) in [5.74, 6) is -1.23. The molecule has 11 heteroatoms. The van der Waals surface area contributed by atoms with Crippen LogP contribution in [0.25, 0.3) is 0 Å². The molecule has 0 bridgehead atoms. The Balaban J connectivity index is 2.88. The second-order valence-corrected chi connectivity index (χ2v) is 10.5. The monoisotopic (exact) mass is 539 g/mol. The van der Waals surface area contributed by atoms with Crippen LogP contribution in [0.4, 0.5) is 0 Å². The Morgan fingerprint density at radius 3 is 2.16 bits per heavy atom. The fourth-order valence-electron chi connectivity index (χ4n) is 4.37. The number of rotatable bonds is 16. The number of likely N-dealkylation sites (N-methyl/N-ethyl adjacent to an activating group) is 3. The summed E-state index contributed by atoms with van der Waals surface area (Å²) in [6, 6.07) is -3.20. The van der Waals surface area contributed by atoms with Gasteiger partial charge in [0.25, 0.3) is 0 Å². The van der Waals surface area contributed by atoms with Crippen molar-refractivity contribution in [1.82, 2.24) is 25.3 Å². The molecule has 2 N–H and O–H groups in total. The average molecular weight is 540 g/mol. The van der Waals surface area contributed by atoms with Crippen molar-refractivity contribution in [3.8, 4) is 0 Å². The number of likely N-dealkylation sites (tertiary alicyclic amines) is 1. The number of hydrogen-bond donors (Lipinski definition) is 2. The molecule has 1 heterocycles. The number of piperidine rings is 1. The number of nitrogens with zero attached hydrogens (tertiary/aromatic N) is 3. The summed E-state index contributed by atoms with van der Waals surface area (Å²) >= 11 is 0. The van der Waals surface area contributed by atoms with Gasteiger partial charge in [0.1, 0.15) is 18.4 Å². The van der Waals surface area contributed by atoms with Gasteiger partial charge in [-0.2, -0.15) is 0 Å². The van der Waals surface area contributed by atoms with E-state index < -0.39 is 36.0 Å². The molecule has 0 aliphatic carbocycles. The van der Waals surface area contributed by atoms with E-state index in [9.17, 15) is 24.0 Å². The summed E-state index contributed by atoms with van der Waals surface area (Å²) in [6.07, 6.45) is 4.90. The van der Waals surface area contributed by atoms with Crippen LogP contribution in [0.2, 0.25) is 0 Å². The summed E-state index contributed by atoms with van der Waals surface area (Å²) in [6.45, 7) is 9.17. The van der Waals surface area contributed by atoms with Crippen molar-refractivity contribution in [3.05, 3.63) is 0 Å². The Morgan fingerprint density at radius 2 is 1.63 bits per heavy atom. The van der Waals surface area contributed by atoms with Gasteiger partial charge in [0.05, 0.1) is 25.1 Å². The van der Waals surface area contributed by atoms with E-state index in [2.05, 4.69) is 10.6 Å². The highest BCUT2D eigenvalue weighted by Gasteiger charge is 2.33. The number of hydrogen-bond acceptors (Lipinski definition) is 7. The van der Waals surface area contributed by atoms with Crippen LogP contribution >= 0.6 is 0 Å². The van der Waals surface area contributed by atoms with E-state index in [1.165, 1.54) is 16.8 Å². The first-order valence-corrected chi connectivity index (χ1v) is 13.8. The van der Waals surface area contributed by atoms with E-state index in [0.717, 1.165) is 32.0 Å². The molecule has 218 valence electrons. The van der Waals surface area contributed by atoms with E-state index in [0.29, 0.717) is 26.1 Å². The van der Waals surface area contributed by atoms with Gasteiger partial charge in [0.2, 0.25) is 23.6 Å². The maximum absolute atomic E-state index is 13.2. The molecule has 4 amide bonds. The summed E-state index contributed by atoms with van der Waals surface area (Å²) in [7, 11) is 4.69. The van der Waals surface area contributed by atoms with Gasteiger partial charge in [0, 0.05) is 33.8 Å². The van der Waals surface area contributed by atoms with Crippen molar-refractivity contribution in [1.29, 1.82) is 0 Å². The largest absolute Gasteiger partial charge is 0.379 e. The van der Waals surface area contributed by atoms with Gasteiger partial charge in [-0.05, 0) is 52.0 Å². The minimum atomic E-state index is -1.01. The quantitative estimate of drug-likeness (QED) is 0.219. The molecule has 0 aromatic rings. The summed E-state index contributed by atoms with van der Waals surface area (Å²) in [4.78, 5) is 68.3. The van der Waals surface area contributed by atoms with Crippen molar-refractivity contribution in [2.75, 3.05) is 47.4 Å². The zero-order valence-electron chi connectivity index (χ0n) is 24.3. The van der Waals surface area contributed by atoms with E-state index in [1.807, 2.05) is 20.8 Å². The fraction of sp³-hybridized carbons (Fsp3) is 0.815. The molecule has 1 saturated heterocycles. The summed E-state index contributed by atoms with van der Waals surface area (Å²) in [5.41, 5.74) is 0. The van der Waals surface area contributed by atoms with Crippen LogP contribution in [-0.4, -0.2) is 116 Å². The Hall–Kier alpha value is -2.53. The highest BCUT2D eigenvalue weighted by atomic mass is 16.5. The number of ether oxygens (including phenoxy) is 1. The maximum Gasteiger partial charge on any atom is 0.247 e. The highest BCUT2D eigenvalue weighted by molar-refractivity contribution is 5.94. The average Bonchev–Trinajstić information content (AvgIpc) is 2.92. The number of amides is 4. The Kier molecular flexibility index (Phi) is 15.1. The topological polar surface area (TPSA) is 128 Å². The molecule has 1 rings (SSSR count). The Morgan fingerprint density at radius 1 is 1.00 bits per heavy atom. The van der Waals surface area contributed by atoms with E-state index in [1.54, 1.807) is 25.9 Å². The maximum atomic E-state index is 13.2. The van der Waals surface area contributed by atoms with E-state index in [4.69, 9.17) is 4.74 Å². The van der Waals surface area contributed by atoms with Crippen LogP contribution in [0.5, 0.6) is 0 Å². The molecule has 1 aliphatic rings. The molecule has 0 radical (unpaired) electrons. The second kappa shape index (κ2) is 17.1. The molecule has 11 nitrogen and oxygen atoms in total. The predicted octanol–water partition coefficient (Wildman–Crippen LogP) is 0.807. The highest BCUT2D eigenvalue weighted by Crippen LogP contribution is 2.13. The zero-order valence-corrected chi connectivity index (χ0v) is 24.3. The summed E-state index contributed by atoms with van der Waals surface area (Å²) < 4.78 is 5.57. The lowest BCUT2D eigenvalue weighted by Crippen LogP contribution is -2.57. The summed E-state index contributed by atoms with van der Waals surface area (Å²) in [5, 5.41) is 5.65.